The standard InChI is InChI=1S/C28H33ClO10/c1-6-35-22-10-7-19(8-11-22)13-20-14-21(9-12-23(20)29)28(34-5)27(33)26(38-18(4)32)25(37-17(3)31)24(39-28)15-36-16(2)30/h7-12,14,24-27,33H,6,13,15H2,1-5H3/t24-,25-,26+,27-,28+/m1/s1. The van der Waals surface area contributed by atoms with E-state index in [2.05, 4.69) is 0 Å². The minimum atomic E-state index is -1.90. The summed E-state index contributed by atoms with van der Waals surface area (Å²) in [5.41, 5.74) is 2.01. The van der Waals surface area contributed by atoms with Gasteiger partial charge in [0.05, 0.1) is 6.61 Å². The van der Waals surface area contributed by atoms with E-state index >= 15 is 0 Å². The third kappa shape index (κ3) is 7.27. The Bertz CT molecular complexity index is 1170. The minimum Gasteiger partial charge on any atom is -0.494 e. The fourth-order valence-electron chi connectivity index (χ4n) is 4.50. The third-order valence-corrected chi connectivity index (χ3v) is 6.52. The van der Waals surface area contributed by atoms with Gasteiger partial charge in [0.25, 0.3) is 0 Å². The number of ether oxygens (including phenoxy) is 6. The maximum Gasteiger partial charge on any atom is 0.303 e. The molecule has 1 fully saturated rings. The number of halogens is 1. The number of esters is 3. The predicted molar refractivity (Wildman–Crippen MR) is 139 cm³/mol. The van der Waals surface area contributed by atoms with Crippen molar-refractivity contribution in [1.82, 2.24) is 0 Å². The molecule has 0 saturated carbocycles. The molecule has 1 aliphatic heterocycles. The van der Waals surface area contributed by atoms with Crippen LogP contribution in [0.5, 0.6) is 5.75 Å². The number of carbonyl (C=O) groups is 3. The van der Waals surface area contributed by atoms with Crippen LogP contribution in [0.25, 0.3) is 0 Å². The average molecular weight is 565 g/mol. The van der Waals surface area contributed by atoms with Gasteiger partial charge < -0.3 is 33.5 Å². The molecule has 1 aliphatic rings. The Hall–Kier alpha value is -3.18. The van der Waals surface area contributed by atoms with Gasteiger partial charge in [-0.2, -0.15) is 0 Å². The van der Waals surface area contributed by atoms with Crippen molar-refractivity contribution in [3.63, 3.8) is 0 Å². The van der Waals surface area contributed by atoms with Gasteiger partial charge in [0.2, 0.25) is 5.79 Å². The molecular formula is C28H33ClO10. The second-order valence-electron chi connectivity index (χ2n) is 8.98. The molecule has 0 bridgehead atoms. The van der Waals surface area contributed by atoms with E-state index in [1.165, 1.54) is 14.0 Å². The number of aliphatic hydroxyl groups excluding tert-OH is 1. The summed E-state index contributed by atoms with van der Waals surface area (Å²) >= 11 is 6.53. The lowest BCUT2D eigenvalue weighted by molar-refractivity contribution is -0.367. The van der Waals surface area contributed by atoms with Crippen molar-refractivity contribution < 1.29 is 47.9 Å². The van der Waals surface area contributed by atoms with Gasteiger partial charge in [0.15, 0.2) is 18.3 Å². The number of hydrogen-bond donors (Lipinski definition) is 1. The molecule has 212 valence electrons. The Morgan fingerprint density at radius 3 is 2.18 bits per heavy atom. The van der Waals surface area contributed by atoms with Crippen molar-refractivity contribution >= 4 is 29.5 Å². The first-order valence-electron chi connectivity index (χ1n) is 12.4. The van der Waals surface area contributed by atoms with E-state index in [0.29, 0.717) is 29.2 Å². The smallest absolute Gasteiger partial charge is 0.303 e. The third-order valence-electron chi connectivity index (χ3n) is 6.15. The first kappa shape index (κ1) is 30.4. The summed E-state index contributed by atoms with van der Waals surface area (Å²) in [7, 11) is 1.31. The summed E-state index contributed by atoms with van der Waals surface area (Å²) in [6.45, 7) is 5.61. The molecule has 11 heteroatoms. The van der Waals surface area contributed by atoms with Crippen LogP contribution in [-0.2, 0) is 50.3 Å². The Kier molecular flexibility index (Phi) is 10.3. The number of hydrogen-bond acceptors (Lipinski definition) is 10. The van der Waals surface area contributed by atoms with E-state index in [1.54, 1.807) is 18.2 Å². The van der Waals surface area contributed by atoms with Crippen molar-refractivity contribution in [3.8, 4) is 5.75 Å². The number of carbonyl (C=O) groups excluding carboxylic acids is 3. The van der Waals surface area contributed by atoms with E-state index in [9.17, 15) is 19.5 Å². The molecule has 10 nitrogen and oxygen atoms in total. The highest BCUT2D eigenvalue weighted by Gasteiger charge is 2.59. The Morgan fingerprint density at radius 1 is 0.974 bits per heavy atom. The molecule has 0 aromatic heterocycles. The zero-order valence-corrected chi connectivity index (χ0v) is 23.2. The normalized spacial score (nSPS) is 24.5. The SMILES string of the molecule is CCOc1ccc(Cc2cc([C@]3(OC)O[C@H](COC(C)=O)[C@@H](OC(C)=O)[C@H](OC(C)=O)[C@H]3O)ccc2Cl)cc1. The maximum absolute atomic E-state index is 12.0. The molecular weight excluding hydrogens is 532 g/mol. The summed E-state index contributed by atoms with van der Waals surface area (Å²) < 4.78 is 33.4. The maximum atomic E-state index is 12.0. The van der Waals surface area contributed by atoms with Crippen LogP contribution in [0.4, 0.5) is 0 Å². The zero-order valence-electron chi connectivity index (χ0n) is 22.5. The van der Waals surface area contributed by atoms with Crippen molar-refractivity contribution in [2.24, 2.45) is 0 Å². The van der Waals surface area contributed by atoms with Gasteiger partial charge in [0, 0.05) is 38.5 Å². The van der Waals surface area contributed by atoms with Gasteiger partial charge in [-0.15, -0.1) is 0 Å². The molecule has 39 heavy (non-hydrogen) atoms. The largest absolute Gasteiger partial charge is 0.494 e. The van der Waals surface area contributed by atoms with E-state index in [-0.39, 0.29) is 6.61 Å². The van der Waals surface area contributed by atoms with Crippen molar-refractivity contribution in [3.05, 3.63) is 64.2 Å². The van der Waals surface area contributed by atoms with Gasteiger partial charge in [-0.1, -0.05) is 29.8 Å². The lowest BCUT2D eigenvalue weighted by Gasteiger charge is -2.49. The molecule has 5 atom stereocenters. The average Bonchev–Trinajstić information content (AvgIpc) is 2.88. The zero-order chi connectivity index (χ0) is 28.7. The number of aliphatic hydroxyl groups is 1. The van der Waals surface area contributed by atoms with Crippen LogP contribution in [-0.4, -0.2) is 67.8 Å². The molecule has 2 aromatic rings. The highest BCUT2D eigenvalue weighted by Crippen LogP contribution is 2.42. The van der Waals surface area contributed by atoms with E-state index in [1.807, 2.05) is 31.2 Å². The Balaban J connectivity index is 2.04. The Labute approximate surface area is 232 Å². The predicted octanol–water partition coefficient (Wildman–Crippen LogP) is 3.31. The van der Waals surface area contributed by atoms with Crippen molar-refractivity contribution in [1.29, 1.82) is 0 Å². The minimum absolute atomic E-state index is 0.356. The first-order chi connectivity index (χ1) is 18.5. The van der Waals surface area contributed by atoms with Crippen LogP contribution in [0.15, 0.2) is 42.5 Å². The lowest BCUT2D eigenvalue weighted by Crippen LogP contribution is -2.66. The van der Waals surface area contributed by atoms with Gasteiger partial charge >= 0.3 is 17.9 Å². The second-order valence-corrected chi connectivity index (χ2v) is 9.39. The van der Waals surface area contributed by atoms with Crippen LogP contribution < -0.4 is 4.74 Å². The van der Waals surface area contributed by atoms with Gasteiger partial charge in [-0.25, -0.2) is 0 Å². The Morgan fingerprint density at radius 2 is 1.62 bits per heavy atom. The van der Waals surface area contributed by atoms with Crippen LogP contribution in [0.2, 0.25) is 5.02 Å². The van der Waals surface area contributed by atoms with Crippen molar-refractivity contribution in [2.75, 3.05) is 20.3 Å². The fourth-order valence-corrected chi connectivity index (χ4v) is 4.68. The van der Waals surface area contributed by atoms with Crippen LogP contribution in [0, 0.1) is 0 Å². The molecule has 1 N–H and O–H groups in total. The van der Waals surface area contributed by atoms with E-state index < -0.39 is 48.1 Å². The molecule has 3 rings (SSSR count). The highest BCUT2D eigenvalue weighted by atomic mass is 35.5. The van der Waals surface area contributed by atoms with Gasteiger partial charge in [0.1, 0.15) is 18.5 Å². The number of methoxy groups -OCH3 is 1. The molecule has 2 aromatic carbocycles. The molecule has 1 heterocycles. The van der Waals surface area contributed by atoms with E-state index in [0.717, 1.165) is 25.2 Å². The summed E-state index contributed by atoms with van der Waals surface area (Å²) in [6, 6.07) is 12.5. The number of rotatable bonds is 10. The van der Waals surface area contributed by atoms with E-state index in [4.69, 9.17) is 40.0 Å². The van der Waals surface area contributed by atoms with Crippen molar-refractivity contribution in [2.45, 2.75) is 64.3 Å². The summed E-state index contributed by atoms with van der Waals surface area (Å²) in [5.74, 6) is -3.21. The summed E-state index contributed by atoms with van der Waals surface area (Å²) in [4.78, 5) is 35.5. The molecule has 0 spiro atoms. The van der Waals surface area contributed by atoms with Crippen LogP contribution in [0.1, 0.15) is 44.4 Å². The quantitative estimate of drug-likeness (QED) is 0.339. The summed E-state index contributed by atoms with van der Waals surface area (Å²) in [5, 5.41) is 12.0. The molecule has 0 amide bonds. The second kappa shape index (κ2) is 13.3. The summed E-state index contributed by atoms with van der Waals surface area (Å²) in [6.07, 6.45) is -5.07. The highest BCUT2D eigenvalue weighted by molar-refractivity contribution is 6.31. The number of benzene rings is 2. The molecule has 0 aliphatic carbocycles. The lowest BCUT2D eigenvalue weighted by atomic mass is 9.86. The topological polar surface area (TPSA) is 127 Å². The first-order valence-corrected chi connectivity index (χ1v) is 12.8. The molecule has 0 radical (unpaired) electrons. The fraction of sp³-hybridized carbons (Fsp3) is 0.464. The monoisotopic (exact) mass is 564 g/mol. The van der Waals surface area contributed by atoms with Crippen LogP contribution >= 0.6 is 11.6 Å². The van der Waals surface area contributed by atoms with Crippen LogP contribution in [0.3, 0.4) is 0 Å². The molecule has 0 unspecified atom stereocenters. The van der Waals surface area contributed by atoms with Gasteiger partial charge in [-0.05, 0) is 48.7 Å². The van der Waals surface area contributed by atoms with Gasteiger partial charge in [-0.3, -0.25) is 14.4 Å². The molecule has 1 saturated heterocycles.